The fraction of sp³-hybridized carbons (Fsp3) is 0.333. The molecule has 0 aliphatic heterocycles. The van der Waals surface area contributed by atoms with Crippen LogP contribution in [0.3, 0.4) is 0 Å². The fourth-order valence-corrected chi connectivity index (χ4v) is 1.93. The van der Waals surface area contributed by atoms with Gasteiger partial charge in [-0.15, -0.1) is 0 Å². The Labute approximate surface area is 108 Å². The Morgan fingerprint density at radius 3 is 2.53 bits per heavy atom. The zero-order chi connectivity index (χ0) is 13.0. The summed E-state index contributed by atoms with van der Waals surface area (Å²) in [6, 6.07) is 3.50. The lowest BCUT2D eigenvalue weighted by Crippen LogP contribution is -2.19. The number of aryl methyl sites for hydroxylation is 1. The summed E-state index contributed by atoms with van der Waals surface area (Å²) < 4.78 is 10.4. The number of halogens is 1. The van der Waals surface area contributed by atoms with E-state index in [9.17, 15) is 9.59 Å². The van der Waals surface area contributed by atoms with Gasteiger partial charge >= 0.3 is 5.97 Å². The Balaban J connectivity index is 3.25. The highest BCUT2D eigenvalue weighted by atomic mass is 79.9. The minimum atomic E-state index is -0.869. The molecule has 17 heavy (non-hydrogen) atoms. The number of hydrogen-bond donors (Lipinski definition) is 0. The lowest BCUT2D eigenvalue weighted by Gasteiger charge is -2.11. The monoisotopic (exact) mass is 300 g/mol. The molecule has 0 spiro atoms. The summed E-state index contributed by atoms with van der Waals surface area (Å²) in [6.45, 7) is 3.55. The van der Waals surface area contributed by atoms with Crippen LogP contribution in [0.1, 0.15) is 22.8 Å². The van der Waals surface area contributed by atoms with Crippen molar-refractivity contribution in [2.75, 3.05) is 13.7 Å². The molecule has 5 heteroatoms. The second kappa shape index (κ2) is 5.82. The molecule has 0 bridgehead atoms. The fourth-order valence-electron chi connectivity index (χ4n) is 1.44. The number of benzene rings is 1. The maximum Gasteiger partial charge on any atom is 0.379 e. The predicted octanol–water partition coefficient (Wildman–Crippen LogP) is 2.51. The zero-order valence-corrected chi connectivity index (χ0v) is 11.5. The second-order valence-electron chi connectivity index (χ2n) is 3.32. The number of rotatable bonds is 4. The first-order valence-electron chi connectivity index (χ1n) is 5.07. The summed E-state index contributed by atoms with van der Waals surface area (Å²) in [7, 11) is 1.45. The van der Waals surface area contributed by atoms with Gasteiger partial charge in [-0.1, -0.05) is 6.07 Å². The third-order valence-corrected chi connectivity index (χ3v) is 2.83. The zero-order valence-electron chi connectivity index (χ0n) is 9.87. The van der Waals surface area contributed by atoms with Gasteiger partial charge in [0, 0.05) is 0 Å². The average molecular weight is 301 g/mol. The predicted molar refractivity (Wildman–Crippen MR) is 66.4 cm³/mol. The maximum absolute atomic E-state index is 11.9. The number of ether oxygens (including phenoxy) is 2. The van der Waals surface area contributed by atoms with Gasteiger partial charge in [0.05, 0.1) is 23.8 Å². The smallest absolute Gasteiger partial charge is 0.379 e. The van der Waals surface area contributed by atoms with E-state index in [1.807, 2.05) is 0 Å². The van der Waals surface area contributed by atoms with E-state index in [2.05, 4.69) is 15.9 Å². The molecular weight excluding hydrogens is 288 g/mol. The molecule has 1 aromatic rings. The molecule has 92 valence electrons. The van der Waals surface area contributed by atoms with Crippen LogP contribution < -0.4 is 4.74 Å². The topological polar surface area (TPSA) is 52.6 Å². The van der Waals surface area contributed by atoms with Crippen LogP contribution in [0.25, 0.3) is 0 Å². The third kappa shape index (κ3) is 2.85. The number of carbonyl (C=O) groups is 2. The van der Waals surface area contributed by atoms with Crippen molar-refractivity contribution in [3.05, 3.63) is 27.7 Å². The molecule has 0 saturated carbocycles. The average Bonchev–Trinajstić information content (AvgIpc) is 2.31. The van der Waals surface area contributed by atoms with Crippen LogP contribution in [0.5, 0.6) is 5.75 Å². The van der Waals surface area contributed by atoms with Crippen molar-refractivity contribution < 1.29 is 19.1 Å². The highest BCUT2D eigenvalue weighted by Crippen LogP contribution is 2.31. The van der Waals surface area contributed by atoms with Crippen molar-refractivity contribution in [3.8, 4) is 5.75 Å². The van der Waals surface area contributed by atoms with Gasteiger partial charge in [-0.05, 0) is 41.4 Å². The van der Waals surface area contributed by atoms with Crippen LogP contribution in [0.15, 0.2) is 16.6 Å². The van der Waals surface area contributed by atoms with Crippen LogP contribution in [-0.2, 0) is 9.53 Å². The molecule has 4 nitrogen and oxygen atoms in total. The Hall–Kier alpha value is -1.36. The van der Waals surface area contributed by atoms with Crippen LogP contribution in [0, 0.1) is 6.92 Å². The standard InChI is InChI=1S/C12H13BrO4/c1-4-17-12(15)10(14)9-7(2)5-6-8(13)11(9)16-3/h5-6H,4H2,1-3H3. The Bertz CT molecular complexity index is 454. The Morgan fingerprint density at radius 2 is 2.00 bits per heavy atom. The second-order valence-corrected chi connectivity index (χ2v) is 4.18. The molecule has 0 atom stereocenters. The quantitative estimate of drug-likeness (QED) is 0.487. The van der Waals surface area contributed by atoms with Crippen LogP contribution >= 0.6 is 15.9 Å². The minimum Gasteiger partial charge on any atom is -0.495 e. The molecule has 0 radical (unpaired) electrons. The summed E-state index contributed by atoms with van der Waals surface area (Å²) >= 11 is 3.27. The van der Waals surface area contributed by atoms with Crippen molar-refractivity contribution in [3.63, 3.8) is 0 Å². The van der Waals surface area contributed by atoms with E-state index in [1.54, 1.807) is 26.0 Å². The number of Topliss-reactive ketones (excluding diaryl/α,β-unsaturated/α-hetero) is 1. The molecule has 0 aliphatic carbocycles. The highest BCUT2D eigenvalue weighted by Gasteiger charge is 2.24. The van der Waals surface area contributed by atoms with Gasteiger partial charge in [0.15, 0.2) is 0 Å². The minimum absolute atomic E-state index is 0.167. The van der Waals surface area contributed by atoms with Crippen molar-refractivity contribution in [1.29, 1.82) is 0 Å². The van der Waals surface area contributed by atoms with Gasteiger partial charge in [0.2, 0.25) is 0 Å². The normalized spacial score (nSPS) is 9.88. The van der Waals surface area contributed by atoms with E-state index in [0.29, 0.717) is 15.8 Å². The number of methoxy groups -OCH3 is 1. The van der Waals surface area contributed by atoms with Gasteiger partial charge in [0.25, 0.3) is 5.78 Å². The van der Waals surface area contributed by atoms with Crippen molar-refractivity contribution in [1.82, 2.24) is 0 Å². The van der Waals surface area contributed by atoms with E-state index >= 15 is 0 Å². The molecule has 1 aromatic carbocycles. The summed E-state index contributed by atoms with van der Waals surface area (Å²) in [5.41, 5.74) is 0.906. The number of carbonyl (C=O) groups excluding carboxylic acids is 2. The van der Waals surface area contributed by atoms with Crippen molar-refractivity contribution in [2.45, 2.75) is 13.8 Å². The molecule has 0 amide bonds. The van der Waals surface area contributed by atoms with E-state index in [4.69, 9.17) is 9.47 Å². The van der Waals surface area contributed by atoms with E-state index in [1.165, 1.54) is 7.11 Å². The lowest BCUT2D eigenvalue weighted by molar-refractivity contribution is -0.137. The molecular formula is C12H13BrO4. The van der Waals surface area contributed by atoms with Gasteiger partial charge in [-0.25, -0.2) is 4.79 Å². The van der Waals surface area contributed by atoms with E-state index in [-0.39, 0.29) is 12.2 Å². The molecule has 1 rings (SSSR count). The molecule has 0 heterocycles. The number of esters is 1. The first kappa shape index (κ1) is 13.7. The number of hydrogen-bond acceptors (Lipinski definition) is 4. The largest absolute Gasteiger partial charge is 0.495 e. The molecule has 0 aromatic heterocycles. The van der Waals surface area contributed by atoms with Crippen LogP contribution in [-0.4, -0.2) is 25.5 Å². The molecule has 0 N–H and O–H groups in total. The Morgan fingerprint density at radius 1 is 1.35 bits per heavy atom. The molecule has 0 saturated heterocycles. The first-order valence-corrected chi connectivity index (χ1v) is 5.86. The third-order valence-electron chi connectivity index (χ3n) is 2.21. The summed E-state index contributed by atoms with van der Waals surface area (Å²) in [5, 5.41) is 0. The summed E-state index contributed by atoms with van der Waals surface area (Å²) in [5.74, 6) is -1.21. The van der Waals surface area contributed by atoms with Crippen molar-refractivity contribution in [2.24, 2.45) is 0 Å². The van der Waals surface area contributed by atoms with E-state index < -0.39 is 11.8 Å². The summed E-state index contributed by atoms with van der Waals surface area (Å²) in [4.78, 5) is 23.3. The first-order chi connectivity index (χ1) is 8.02. The SMILES string of the molecule is CCOC(=O)C(=O)c1c(C)ccc(Br)c1OC. The highest BCUT2D eigenvalue weighted by molar-refractivity contribution is 9.10. The van der Waals surface area contributed by atoms with E-state index in [0.717, 1.165) is 0 Å². The van der Waals surface area contributed by atoms with Gasteiger partial charge < -0.3 is 9.47 Å². The molecule has 0 unspecified atom stereocenters. The van der Waals surface area contributed by atoms with Gasteiger partial charge in [0.1, 0.15) is 5.75 Å². The molecule has 0 aliphatic rings. The van der Waals surface area contributed by atoms with Crippen molar-refractivity contribution >= 4 is 27.7 Å². The lowest BCUT2D eigenvalue weighted by atomic mass is 10.0. The van der Waals surface area contributed by atoms with Crippen LogP contribution in [0.2, 0.25) is 0 Å². The van der Waals surface area contributed by atoms with Gasteiger partial charge in [-0.2, -0.15) is 0 Å². The maximum atomic E-state index is 11.9. The number of ketones is 1. The van der Waals surface area contributed by atoms with Crippen LogP contribution in [0.4, 0.5) is 0 Å². The summed E-state index contributed by atoms with van der Waals surface area (Å²) in [6.07, 6.45) is 0. The molecule has 0 fully saturated rings. The Kier molecular flexibility index (Phi) is 4.69. The van der Waals surface area contributed by atoms with Gasteiger partial charge in [-0.3, -0.25) is 4.79 Å².